The van der Waals surface area contributed by atoms with E-state index in [0.29, 0.717) is 5.41 Å². The lowest BCUT2D eigenvalue weighted by molar-refractivity contribution is 0.123. The molecule has 2 heteroatoms. The van der Waals surface area contributed by atoms with Crippen LogP contribution in [0.3, 0.4) is 0 Å². The molecular weight excluding hydrogens is 172 g/mol. The molecule has 0 aromatic rings. The standard InChI is InChI=1S/C12H24N2/c1-2-12(5-3-6-12)10-14-9-11-4-7-13-8-11/h11,13-14H,2-10H2,1H3. The van der Waals surface area contributed by atoms with Crippen LogP contribution in [0.15, 0.2) is 0 Å². The fraction of sp³-hybridized carbons (Fsp3) is 1.00. The van der Waals surface area contributed by atoms with E-state index >= 15 is 0 Å². The minimum Gasteiger partial charge on any atom is -0.316 e. The summed E-state index contributed by atoms with van der Waals surface area (Å²) >= 11 is 0. The molecule has 0 bridgehead atoms. The van der Waals surface area contributed by atoms with Crippen molar-refractivity contribution in [2.24, 2.45) is 11.3 Å². The summed E-state index contributed by atoms with van der Waals surface area (Å²) in [5.74, 6) is 0.893. The molecule has 1 heterocycles. The molecule has 1 aliphatic carbocycles. The molecule has 0 spiro atoms. The Morgan fingerprint density at radius 3 is 2.79 bits per heavy atom. The zero-order chi connectivity index (χ0) is 9.86. The number of hydrogen-bond donors (Lipinski definition) is 2. The highest BCUT2D eigenvalue weighted by Gasteiger charge is 2.34. The largest absolute Gasteiger partial charge is 0.316 e. The normalized spacial score (nSPS) is 30.2. The lowest BCUT2D eigenvalue weighted by Crippen LogP contribution is -2.41. The number of rotatable bonds is 5. The van der Waals surface area contributed by atoms with Gasteiger partial charge < -0.3 is 10.6 Å². The van der Waals surface area contributed by atoms with Crippen molar-refractivity contribution in [3.05, 3.63) is 0 Å². The maximum absolute atomic E-state index is 3.68. The van der Waals surface area contributed by atoms with Gasteiger partial charge >= 0.3 is 0 Å². The maximum Gasteiger partial charge on any atom is 0.000783 e. The number of hydrogen-bond acceptors (Lipinski definition) is 2. The number of nitrogens with one attached hydrogen (secondary N) is 2. The third-order valence-electron chi connectivity index (χ3n) is 4.26. The molecule has 0 radical (unpaired) electrons. The Morgan fingerprint density at radius 2 is 2.29 bits per heavy atom. The van der Waals surface area contributed by atoms with Crippen LogP contribution in [0, 0.1) is 11.3 Å². The molecular formula is C12H24N2. The lowest BCUT2D eigenvalue weighted by atomic mass is 9.67. The van der Waals surface area contributed by atoms with Crippen LogP contribution in [0.5, 0.6) is 0 Å². The predicted octanol–water partition coefficient (Wildman–Crippen LogP) is 1.77. The van der Waals surface area contributed by atoms with E-state index in [1.807, 2.05) is 0 Å². The van der Waals surface area contributed by atoms with Crippen LogP contribution in [0.2, 0.25) is 0 Å². The van der Waals surface area contributed by atoms with Crippen LogP contribution in [0.25, 0.3) is 0 Å². The van der Waals surface area contributed by atoms with Crippen LogP contribution in [-0.2, 0) is 0 Å². The van der Waals surface area contributed by atoms with Gasteiger partial charge in [0.05, 0.1) is 0 Å². The second kappa shape index (κ2) is 4.63. The fourth-order valence-corrected chi connectivity index (χ4v) is 2.76. The molecule has 2 nitrogen and oxygen atoms in total. The molecule has 82 valence electrons. The van der Waals surface area contributed by atoms with E-state index in [4.69, 9.17) is 0 Å². The van der Waals surface area contributed by atoms with E-state index in [1.165, 1.54) is 58.3 Å². The van der Waals surface area contributed by atoms with E-state index < -0.39 is 0 Å². The second-order valence-electron chi connectivity index (χ2n) is 5.20. The van der Waals surface area contributed by atoms with E-state index in [2.05, 4.69) is 17.6 Å². The molecule has 2 N–H and O–H groups in total. The van der Waals surface area contributed by atoms with Gasteiger partial charge in [0.1, 0.15) is 0 Å². The maximum atomic E-state index is 3.68. The highest BCUT2D eigenvalue weighted by atomic mass is 14.9. The van der Waals surface area contributed by atoms with Gasteiger partial charge in [-0.2, -0.15) is 0 Å². The van der Waals surface area contributed by atoms with E-state index in [-0.39, 0.29) is 0 Å². The second-order valence-corrected chi connectivity index (χ2v) is 5.20. The third-order valence-corrected chi connectivity index (χ3v) is 4.26. The highest BCUT2D eigenvalue weighted by molar-refractivity contribution is 4.88. The molecule has 2 rings (SSSR count). The van der Waals surface area contributed by atoms with Crippen LogP contribution >= 0.6 is 0 Å². The summed E-state index contributed by atoms with van der Waals surface area (Å²) < 4.78 is 0. The topological polar surface area (TPSA) is 24.1 Å². The average molecular weight is 196 g/mol. The van der Waals surface area contributed by atoms with Crippen molar-refractivity contribution in [1.82, 2.24) is 10.6 Å². The van der Waals surface area contributed by atoms with Crippen molar-refractivity contribution in [3.8, 4) is 0 Å². The Morgan fingerprint density at radius 1 is 1.43 bits per heavy atom. The summed E-state index contributed by atoms with van der Waals surface area (Å²) in [6.45, 7) is 7.30. The van der Waals surface area contributed by atoms with Gasteiger partial charge in [0.25, 0.3) is 0 Å². The zero-order valence-electron chi connectivity index (χ0n) is 9.44. The molecule has 1 saturated heterocycles. The summed E-state index contributed by atoms with van der Waals surface area (Å²) in [6, 6.07) is 0. The van der Waals surface area contributed by atoms with Gasteiger partial charge in [0, 0.05) is 6.54 Å². The SMILES string of the molecule is CCC1(CNCC2CCNC2)CCC1. The first-order valence-electron chi connectivity index (χ1n) is 6.26. The van der Waals surface area contributed by atoms with Crippen molar-refractivity contribution in [2.75, 3.05) is 26.2 Å². The van der Waals surface area contributed by atoms with Crippen molar-refractivity contribution in [3.63, 3.8) is 0 Å². The van der Waals surface area contributed by atoms with Crippen molar-refractivity contribution in [2.45, 2.75) is 39.0 Å². The minimum absolute atomic E-state index is 0.687. The molecule has 1 aliphatic heterocycles. The molecule has 1 atom stereocenters. The summed E-state index contributed by atoms with van der Waals surface area (Å²) in [5, 5.41) is 7.10. The van der Waals surface area contributed by atoms with Gasteiger partial charge in [-0.25, -0.2) is 0 Å². The van der Waals surface area contributed by atoms with E-state index in [9.17, 15) is 0 Å². The van der Waals surface area contributed by atoms with Crippen LogP contribution in [0.1, 0.15) is 39.0 Å². The van der Waals surface area contributed by atoms with Crippen molar-refractivity contribution >= 4 is 0 Å². The fourth-order valence-electron chi connectivity index (χ4n) is 2.76. The Balaban J connectivity index is 1.61. The summed E-state index contributed by atoms with van der Waals surface area (Å²) in [6.07, 6.45) is 7.11. The van der Waals surface area contributed by atoms with E-state index in [0.717, 1.165) is 5.92 Å². The Kier molecular flexibility index (Phi) is 3.45. The average Bonchev–Trinajstić information content (AvgIpc) is 2.62. The molecule has 0 aromatic carbocycles. The minimum atomic E-state index is 0.687. The smallest absolute Gasteiger partial charge is 0.000783 e. The summed E-state index contributed by atoms with van der Waals surface area (Å²) in [4.78, 5) is 0. The van der Waals surface area contributed by atoms with E-state index in [1.54, 1.807) is 0 Å². The molecule has 1 saturated carbocycles. The molecule has 0 aromatic heterocycles. The van der Waals surface area contributed by atoms with Crippen molar-refractivity contribution < 1.29 is 0 Å². The lowest BCUT2D eigenvalue weighted by Gasteiger charge is -2.41. The molecule has 2 fully saturated rings. The van der Waals surface area contributed by atoms with Gasteiger partial charge in [0.2, 0.25) is 0 Å². The molecule has 1 unspecified atom stereocenters. The van der Waals surface area contributed by atoms with Crippen LogP contribution < -0.4 is 10.6 Å². The predicted molar refractivity (Wildman–Crippen MR) is 60.4 cm³/mol. The van der Waals surface area contributed by atoms with Crippen LogP contribution in [0.4, 0.5) is 0 Å². The molecule has 0 amide bonds. The third kappa shape index (κ3) is 2.29. The van der Waals surface area contributed by atoms with Gasteiger partial charge in [-0.05, 0) is 56.7 Å². The Hall–Kier alpha value is -0.0800. The molecule has 14 heavy (non-hydrogen) atoms. The van der Waals surface area contributed by atoms with Gasteiger partial charge in [-0.15, -0.1) is 0 Å². The first-order valence-corrected chi connectivity index (χ1v) is 6.26. The van der Waals surface area contributed by atoms with Gasteiger partial charge in [-0.1, -0.05) is 13.3 Å². The van der Waals surface area contributed by atoms with Gasteiger partial charge in [0.15, 0.2) is 0 Å². The Labute approximate surface area is 87.8 Å². The highest BCUT2D eigenvalue weighted by Crippen LogP contribution is 2.43. The van der Waals surface area contributed by atoms with Crippen LogP contribution in [-0.4, -0.2) is 26.2 Å². The monoisotopic (exact) mass is 196 g/mol. The Bertz CT molecular complexity index is 164. The quantitative estimate of drug-likeness (QED) is 0.700. The first kappa shape index (κ1) is 10.4. The zero-order valence-corrected chi connectivity index (χ0v) is 9.44. The van der Waals surface area contributed by atoms with Gasteiger partial charge in [-0.3, -0.25) is 0 Å². The van der Waals surface area contributed by atoms with Crippen molar-refractivity contribution in [1.29, 1.82) is 0 Å². The summed E-state index contributed by atoms with van der Waals surface area (Å²) in [5.41, 5.74) is 0.687. The first-order chi connectivity index (χ1) is 6.85. The molecule has 2 aliphatic rings. The summed E-state index contributed by atoms with van der Waals surface area (Å²) in [7, 11) is 0.